The van der Waals surface area contributed by atoms with Crippen LogP contribution >= 0.6 is 0 Å². The minimum absolute atomic E-state index is 0.0513. The third kappa shape index (κ3) is 3.84. The lowest BCUT2D eigenvalue weighted by Gasteiger charge is -2.32. The summed E-state index contributed by atoms with van der Waals surface area (Å²) in [4.78, 5) is 75.8. The molecule has 10 heteroatoms. The summed E-state index contributed by atoms with van der Waals surface area (Å²) in [5.41, 5.74) is 0.510. The number of carboxylic acids is 2. The van der Waals surface area contributed by atoms with Crippen LogP contribution in [0.25, 0.3) is 0 Å². The fraction of sp³-hybridized carbons (Fsp3) is 0.308. The lowest BCUT2D eigenvalue weighted by atomic mass is 9.81. The lowest BCUT2D eigenvalue weighted by Crippen LogP contribution is -2.38. The second-order valence-electron chi connectivity index (χ2n) is 9.46. The number of carbonyl (C=O) groups is 6. The highest BCUT2D eigenvalue weighted by molar-refractivity contribution is 6.22. The minimum Gasteiger partial charge on any atom is -0.478 e. The Morgan fingerprint density at radius 3 is 1.28 bits per heavy atom. The molecule has 1 aliphatic carbocycles. The first-order valence-corrected chi connectivity index (χ1v) is 11.6. The zero-order valence-corrected chi connectivity index (χ0v) is 19.1. The number of rotatable bonds is 6. The summed E-state index contributed by atoms with van der Waals surface area (Å²) in [7, 11) is 0. The number of benzene rings is 2. The summed E-state index contributed by atoms with van der Waals surface area (Å²) in [5.74, 6) is -4.07. The molecule has 0 spiro atoms. The van der Waals surface area contributed by atoms with Gasteiger partial charge in [-0.2, -0.15) is 0 Å². The van der Waals surface area contributed by atoms with Gasteiger partial charge in [0, 0.05) is 13.1 Å². The summed E-state index contributed by atoms with van der Waals surface area (Å²) in [6.45, 7) is 0.457. The largest absolute Gasteiger partial charge is 0.478 e. The van der Waals surface area contributed by atoms with Gasteiger partial charge in [-0.15, -0.1) is 0 Å². The van der Waals surface area contributed by atoms with Gasteiger partial charge in [0.15, 0.2) is 0 Å². The molecular weight excluding hydrogens is 468 g/mol. The molecule has 2 aromatic carbocycles. The number of aromatic carboxylic acids is 2. The van der Waals surface area contributed by atoms with E-state index in [1.54, 1.807) is 0 Å². The zero-order chi connectivity index (χ0) is 25.7. The van der Waals surface area contributed by atoms with Crippen LogP contribution in [-0.4, -0.2) is 68.7 Å². The van der Waals surface area contributed by atoms with Crippen LogP contribution in [0.1, 0.15) is 87.8 Å². The van der Waals surface area contributed by atoms with E-state index in [0.29, 0.717) is 25.7 Å². The van der Waals surface area contributed by atoms with Crippen LogP contribution in [0.5, 0.6) is 0 Å². The van der Waals surface area contributed by atoms with E-state index in [1.165, 1.54) is 46.2 Å². The summed E-state index contributed by atoms with van der Waals surface area (Å²) >= 11 is 0. The number of nitrogens with zero attached hydrogens (tertiary/aromatic N) is 2. The average Bonchev–Trinajstić information content (AvgIpc) is 3.24. The molecular formula is C26H22N2O8. The van der Waals surface area contributed by atoms with E-state index >= 15 is 0 Å². The van der Waals surface area contributed by atoms with E-state index in [0.717, 1.165) is 0 Å². The van der Waals surface area contributed by atoms with Crippen LogP contribution in [-0.2, 0) is 0 Å². The van der Waals surface area contributed by atoms with Gasteiger partial charge in [-0.25, -0.2) is 9.59 Å². The van der Waals surface area contributed by atoms with Crippen LogP contribution in [0.15, 0.2) is 36.4 Å². The topological polar surface area (TPSA) is 149 Å². The summed E-state index contributed by atoms with van der Waals surface area (Å²) < 4.78 is 0. The molecule has 0 radical (unpaired) electrons. The Labute approximate surface area is 205 Å². The molecule has 10 nitrogen and oxygen atoms in total. The maximum absolute atomic E-state index is 12.8. The van der Waals surface area contributed by atoms with Gasteiger partial charge >= 0.3 is 11.9 Å². The van der Waals surface area contributed by atoms with Gasteiger partial charge in [-0.1, -0.05) is 0 Å². The molecule has 36 heavy (non-hydrogen) atoms. The number of carboxylic acid groups (broad SMARTS) is 2. The van der Waals surface area contributed by atoms with Crippen molar-refractivity contribution in [2.24, 2.45) is 11.8 Å². The molecule has 3 aliphatic rings. The van der Waals surface area contributed by atoms with Crippen molar-refractivity contribution in [2.75, 3.05) is 13.1 Å². The van der Waals surface area contributed by atoms with Crippen LogP contribution < -0.4 is 0 Å². The molecule has 1 saturated carbocycles. The Morgan fingerprint density at radius 2 is 0.944 bits per heavy atom. The predicted octanol–water partition coefficient (Wildman–Crippen LogP) is 2.78. The van der Waals surface area contributed by atoms with E-state index in [2.05, 4.69) is 0 Å². The maximum atomic E-state index is 12.8. The molecule has 2 aliphatic heterocycles. The first kappa shape index (κ1) is 23.4. The van der Waals surface area contributed by atoms with Crippen LogP contribution in [0.3, 0.4) is 0 Å². The highest BCUT2D eigenvalue weighted by Crippen LogP contribution is 2.34. The quantitative estimate of drug-likeness (QED) is 0.587. The first-order valence-electron chi connectivity index (χ1n) is 11.6. The molecule has 0 unspecified atom stereocenters. The van der Waals surface area contributed by atoms with E-state index in [-0.39, 0.29) is 58.3 Å². The fourth-order valence-corrected chi connectivity index (χ4v) is 5.29. The Balaban J connectivity index is 1.19. The number of hydrogen-bond donors (Lipinski definition) is 2. The molecule has 184 valence electrons. The normalized spacial score (nSPS) is 21.1. The van der Waals surface area contributed by atoms with Crippen LogP contribution in [0.4, 0.5) is 0 Å². The number of carbonyl (C=O) groups excluding carboxylic acids is 4. The molecule has 2 N–H and O–H groups in total. The van der Waals surface area contributed by atoms with Gasteiger partial charge in [0.05, 0.1) is 33.4 Å². The smallest absolute Gasteiger partial charge is 0.335 e. The van der Waals surface area contributed by atoms with Crippen LogP contribution in [0.2, 0.25) is 0 Å². The molecule has 2 heterocycles. The van der Waals surface area contributed by atoms with Crippen molar-refractivity contribution in [3.8, 4) is 0 Å². The second kappa shape index (κ2) is 8.71. The van der Waals surface area contributed by atoms with Crippen molar-refractivity contribution in [3.05, 3.63) is 69.8 Å². The zero-order valence-electron chi connectivity index (χ0n) is 19.1. The first-order chi connectivity index (χ1) is 17.2. The van der Waals surface area contributed by atoms with E-state index in [9.17, 15) is 28.8 Å². The van der Waals surface area contributed by atoms with Gasteiger partial charge in [-0.05, 0) is 73.9 Å². The molecule has 1 fully saturated rings. The monoisotopic (exact) mass is 490 g/mol. The number of amides is 4. The summed E-state index contributed by atoms with van der Waals surface area (Å²) in [5, 5.41) is 18.3. The third-order valence-corrected chi connectivity index (χ3v) is 7.28. The highest BCUT2D eigenvalue weighted by Gasteiger charge is 2.40. The van der Waals surface area contributed by atoms with Gasteiger partial charge in [0.2, 0.25) is 0 Å². The van der Waals surface area contributed by atoms with Crippen molar-refractivity contribution >= 4 is 35.6 Å². The van der Waals surface area contributed by atoms with Gasteiger partial charge in [-0.3, -0.25) is 29.0 Å². The Morgan fingerprint density at radius 1 is 0.611 bits per heavy atom. The van der Waals surface area contributed by atoms with Crippen molar-refractivity contribution in [2.45, 2.75) is 25.7 Å². The minimum atomic E-state index is -1.17. The van der Waals surface area contributed by atoms with Crippen LogP contribution in [0, 0.1) is 11.8 Å². The summed E-state index contributed by atoms with van der Waals surface area (Å²) in [6.07, 6.45) is 2.80. The Hall–Kier alpha value is -4.34. The average molecular weight is 490 g/mol. The molecule has 0 saturated heterocycles. The molecule has 0 aromatic heterocycles. The second-order valence-corrected chi connectivity index (χ2v) is 9.46. The van der Waals surface area contributed by atoms with E-state index in [4.69, 9.17) is 10.2 Å². The molecule has 4 amide bonds. The molecule has 0 atom stereocenters. The third-order valence-electron chi connectivity index (χ3n) is 7.28. The van der Waals surface area contributed by atoms with Crippen molar-refractivity contribution in [1.82, 2.24) is 9.80 Å². The molecule has 2 aromatic rings. The SMILES string of the molecule is O=C(O)c1ccc2c(c1)C(=O)N(CC1CCC(CN3C(=O)c4ccc(C(=O)O)cc4C3=O)CC1)C2=O. The molecule has 0 bridgehead atoms. The molecule has 5 rings (SSSR count). The Bertz CT molecular complexity index is 1250. The number of fused-ring (bicyclic) bond motifs is 2. The van der Waals surface area contributed by atoms with E-state index in [1.807, 2.05) is 0 Å². The predicted molar refractivity (Wildman–Crippen MR) is 123 cm³/mol. The van der Waals surface area contributed by atoms with Gasteiger partial charge in [0.1, 0.15) is 0 Å². The van der Waals surface area contributed by atoms with Crippen molar-refractivity contribution < 1.29 is 39.0 Å². The number of hydrogen-bond acceptors (Lipinski definition) is 6. The van der Waals surface area contributed by atoms with Gasteiger partial charge < -0.3 is 10.2 Å². The van der Waals surface area contributed by atoms with E-state index < -0.39 is 35.6 Å². The summed E-state index contributed by atoms with van der Waals surface area (Å²) in [6, 6.07) is 7.83. The lowest BCUT2D eigenvalue weighted by molar-refractivity contribution is 0.0560. The van der Waals surface area contributed by atoms with Crippen molar-refractivity contribution in [3.63, 3.8) is 0 Å². The van der Waals surface area contributed by atoms with Crippen molar-refractivity contribution in [1.29, 1.82) is 0 Å². The maximum Gasteiger partial charge on any atom is 0.335 e. The fourth-order valence-electron chi connectivity index (χ4n) is 5.29. The Kier molecular flexibility index (Phi) is 5.66. The standard InChI is InChI=1S/C26H22N2O8/c29-21-17-7-5-15(25(33)34)9-19(17)23(31)27(21)11-13-1-2-14(4-3-13)12-28-22(30)18-8-6-16(26(35)36)10-20(18)24(28)32/h5-10,13-14H,1-4,11-12H2,(H,33,34)(H,35,36). The number of imide groups is 2. The van der Waals surface area contributed by atoms with Gasteiger partial charge in [0.25, 0.3) is 23.6 Å². The highest BCUT2D eigenvalue weighted by atomic mass is 16.4.